The van der Waals surface area contributed by atoms with E-state index >= 15 is 0 Å². The number of rotatable bonds is 6. The SMILES string of the molecule is CCN(CC)C1(N(CC)CC)C=CC2=Nc3ccccc3OC2=C1. The molecule has 4 nitrogen and oxygen atoms in total. The predicted molar refractivity (Wildman–Crippen MR) is 100.0 cm³/mol. The topological polar surface area (TPSA) is 28.1 Å². The van der Waals surface area contributed by atoms with Gasteiger partial charge in [0.05, 0.1) is 0 Å². The number of para-hydroxylation sites is 2. The maximum Gasteiger partial charge on any atom is 0.153 e. The van der Waals surface area contributed by atoms with Crippen LogP contribution in [0.4, 0.5) is 5.69 Å². The van der Waals surface area contributed by atoms with E-state index in [0.29, 0.717) is 0 Å². The summed E-state index contributed by atoms with van der Waals surface area (Å²) in [6, 6.07) is 7.94. The fourth-order valence-corrected chi connectivity index (χ4v) is 3.71. The highest BCUT2D eigenvalue weighted by atomic mass is 16.5. The van der Waals surface area contributed by atoms with Crippen molar-refractivity contribution in [3.05, 3.63) is 48.3 Å². The number of likely N-dealkylation sites (N-methyl/N-ethyl adjacent to an activating group) is 2. The smallest absolute Gasteiger partial charge is 0.153 e. The van der Waals surface area contributed by atoms with Gasteiger partial charge in [0.25, 0.3) is 0 Å². The van der Waals surface area contributed by atoms with E-state index in [1.165, 1.54) is 0 Å². The van der Waals surface area contributed by atoms with E-state index in [9.17, 15) is 0 Å². The molecule has 4 heteroatoms. The molecule has 0 saturated heterocycles. The van der Waals surface area contributed by atoms with Gasteiger partial charge in [-0.2, -0.15) is 0 Å². The van der Waals surface area contributed by atoms with Crippen molar-refractivity contribution in [1.82, 2.24) is 9.80 Å². The van der Waals surface area contributed by atoms with Crippen LogP contribution < -0.4 is 4.74 Å². The van der Waals surface area contributed by atoms with E-state index in [4.69, 9.17) is 9.73 Å². The Morgan fingerprint density at radius 2 is 1.58 bits per heavy atom. The molecule has 0 unspecified atom stereocenters. The van der Waals surface area contributed by atoms with Gasteiger partial charge in [-0.3, -0.25) is 9.80 Å². The Balaban J connectivity index is 2.08. The first kappa shape index (κ1) is 16.9. The van der Waals surface area contributed by atoms with Crippen LogP contribution in [0.15, 0.2) is 53.2 Å². The van der Waals surface area contributed by atoms with Crippen molar-refractivity contribution in [2.75, 3.05) is 26.2 Å². The van der Waals surface area contributed by atoms with Crippen LogP contribution in [-0.2, 0) is 0 Å². The number of ether oxygens (including phenoxy) is 1. The molecule has 1 heterocycles. The molecule has 0 bridgehead atoms. The summed E-state index contributed by atoms with van der Waals surface area (Å²) in [5, 5.41) is 0. The molecular formula is C20H27N3O. The van der Waals surface area contributed by atoms with Crippen molar-refractivity contribution in [2.24, 2.45) is 4.99 Å². The van der Waals surface area contributed by atoms with Crippen LogP contribution in [0.2, 0.25) is 0 Å². The lowest BCUT2D eigenvalue weighted by molar-refractivity contribution is 0.0259. The van der Waals surface area contributed by atoms with Crippen molar-refractivity contribution in [3.63, 3.8) is 0 Å². The maximum atomic E-state index is 6.20. The third-order valence-electron chi connectivity index (χ3n) is 4.95. The van der Waals surface area contributed by atoms with E-state index in [0.717, 1.165) is 49.1 Å². The first-order valence-electron chi connectivity index (χ1n) is 8.96. The summed E-state index contributed by atoms with van der Waals surface area (Å²) >= 11 is 0. The van der Waals surface area contributed by atoms with Crippen LogP contribution in [0.5, 0.6) is 5.75 Å². The van der Waals surface area contributed by atoms with Crippen molar-refractivity contribution in [2.45, 2.75) is 33.4 Å². The van der Waals surface area contributed by atoms with E-state index < -0.39 is 0 Å². The maximum absolute atomic E-state index is 6.20. The van der Waals surface area contributed by atoms with Crippen molar-refractivity contribution < 1.29 is 4.74 Å². The summed E-state index contributed by atoms with van der Waals surface area (Å²) in [7, 11) is 0. The lowest BCUT2D eigenvalue weighted by Gasteiger charge is -2.48. The molecule has 0 atom stereocenters. The monoisotopic (exact) mass is 325 g/mol. The molecule has 0 fully saturated rings. The molecule has 0 N–H and O–H groups in total. The third-order valence-corrected chi connectivity index (χ3v) is 4.95. The van der Waals surface area contributed by atoms with Crippen LogP contribution in [-0.4, -0.2) is 47.4 Å². The molecule has 1 aromatic rings. The zero-order valence-corrected chi connectivity index (χ0v) is 15.1. The largest absolute Gasteiger partial charge is 0.453 e. The standard InChI is InChI=1S/C20H27N3O/c1-5-22(6-2)20(23(7-3)8-4)14-13-17-19(15-20)24-18-12-10-9-11-16(18)21-17/h9-15H,5-8H2,1-4H3. The molecule has 128 valence electrons. The minimum absolute atomic E-state index is 0.256. The van der Waals surface area contributed by atoms with E-state index in [1.54, 1.807) is 0 Å². The quantitative estimate of drug-likeness (QED) is 0.741. The van der Waals surface area contributed by atoms with Crippen LogP contribution in [0.25, 0.3) is 0 Å². The Bertz CT molecular complexity index is 670. The fraction of sp³-hybridized carbons (Fsp3) is 0.450. The van der Waals surface area contributed by atoms with Gasteiger partial charge in [0.2, 0.25) is 0 Å². The Morgan fingerprint density at radius 1 is 0.958 bits per heavy atom. The van der Waals surface area contributed by atoms with Gasteiger partial charge < -0.3 is 4.74 Å². The number of hydrogen-bond donors (Lipinski definition) is 0. The molecule has 0 amide bonds. The van der Waals surface area contributed by atoms with E-state index in [1.807, 2.05) is 24.3 Å². The van der Waals surface area contributed by atoms with Gasteiger partial charge in [0.15, 0.2) is 11.5 Å². The highest BCUT2D eigenvalue weighted by Crippen LogP contribution is 2.37. The molecule has 3 rings (SSSR count). The molecule has 0 saturated carbocycles. The minimum Gasteiger partial charge on any atom is -0.453 e. The minimum atomic E-state index is -0.256. The fourth-order valence-electron chi connectivity index (χ4n) is 3.71. The third kappa shape index (κ3) is 2.70. The Kier molecular flexibility index (Phi) is 4.88. The molecule has 24 heavy (non-hydrogen) atoms. The molecule has 1 aliphatic carbocycles. The Hall–Kier alpha value is -1.91. The second-order valence-corrected chi connectivity index (χ2v) is 6.04. The average Bonchev–Trinajstić information content (AvgIpc) is 2.62. The van der Waals surface area contributed by atoms with Crippen LogP contribution in [0.3, 0.4) is 0 Å². The second-order valence-electron chi connectivity index (χ2n) is 6.04. The van der Waals surface area contributed by atoms with Crippen molar-refractivity contribution in [1.29, 1.82) is 0 Å². The van der Waals surface area contributed by atoms with Gasteiger partial charge in [-0.25, -0.2) is 4.99 Å². The number of nitrogens with zero attached hydrogens (tertiary/aromatic N) is 3. The zero-order valence-electron chi connectivity index (χ0n) is 15.1. The number of aliphatic imine (C=N–C) groups is 1. The lowest BCUT2D eigenvalue weighted by Crippen LogP contribution is -2.59. The summed E-state index contributed by atoms with van der Waals surface area (Å²) < 4.78 is 6.20. The zero-order chi connectivity index (χ0) is 17.2. The summed E-state index contributed by atoms with van der Waals surface area (Å²) in [5.41, 5.74) is 1.55. The Labute approximate surface area is 145 Å². The highest BCUT2D eigenvalue weighted by molar-refractivity contribution is 6.11. The highest BCUT2D eigenvalue weighted by Gasteiger charge is 2.39. The molecule has 1 aliphatic heterocycles. The molecule has 0 radical (unpaired) electrons. The molecule has 0 aromatic heterocycles. The Morgan fingerprint density at radius 3 is 2.21 bits per heavy atom. The number of benzene rings is 1. The average molecular weight is 325 g/mol. The van der Waals surface area contributed by atoms with Gasteiger partial charge in [0.1, 0.15) is 17.1 Å². The number of fused-ring (bicyclic) bond motifs is 2. The van der Waals surface area contributed by atoms with E-state index in [-0.39, 0.29) is 5.66 Å². The van der Waals surface area contributed by atoms with Gasteiger partial charge in [-0.1, -0.05) is 39.8 Å². The van der Waals surface area contributed by atoms with E-state index in [2.05, 4.69) is 55.7 Å². The van der Waals surface area contributed by atoms with Gasteiger partial charge in [-0.15, -0.1) is 0 Å². The van der Waals surface area contributed by atoms with Gasteiger partial charge in [-0.05, 0) is 56.5 Å². The molecule has 0 spiro atoms. The first-order valence-corrected chi connectivity index (χ1v) is 8.96. The number of hydrogen-bond acceptors (Lipinski definition) is 4. The lowest BCUT2D eigenvalue weighted by atomic mass is 9.95. The predicted octanol–water partition coefficient (Wildman–Crippen LogP) is 3.99. The molecule has 2 aliphatic rings. The normalized spacial score (nSPS) is 17.9. The van der Waals surface area contributed by atoms with Crippen LogP contribution >= 0.6 is 0 Å². The summed E-state index contributed by atoms with van der Waals surface area (Å²) in [5.74, 6) is 1.69. The second kappa shape index (κ2) is 6.91. The van der Waals surface area contributed by atoms with Crippen molar-refractivity contribution >= 4 is 11.4 Å². The molecular weight excluding hydrogens is 298 g/mol. The number of allylic oxidation sites excluding steroid dienone is 1. The van der Waals surface area contributed by atoms with Crippen LogP contribution in [0.1, 0.15) is 27.7 Å². The van der Waals surface area contributed by atoms with Crippen LogP contribution in [0, 0.1) is 0 Å². The van der Waals surface area contributed by atoms with Gasteiger partial charge >= 0.3 is 0 Å². The molecule has 1 aromatic carbocycles. The summed E-state index contributed by atoms with van der Waals surface area (Å²) in [6.07, 6.45) is 6.62. The van der Waals surface area contributed by atoms with Crippen molar-refractivity contribution in [3.8, 4) is 5.75 Å². The summed E-state index contributed by atoms with van der Waals surface area (Å²) in [4.78, 5) is 9.68. The summed E-state index contributed by atoms with van der Waals surface area (Å²) in [6.45, 7) is 12.7. The first-order chi connectivity index (χ1) is 11.7. The van der Waals surface area contributed by atoms with Gasteiger partial charge in [0, 0.05) is 0 Å².